The summed E-state index contributed by atoms with van der Waals surface area (Å²) in [6, 6.07) is 18.5. The van der Waals surface area contributed by atoms with Gasteiger partial charge in [-0.15, -0.1) is 0 Å². The molecule has 0 radical (unpaired) electrons. The van der Waals surface area contributed by atoms with Crippen molar-refractivity contribution in [2.24, 2.45) is 5.73 Å². The number of amides is 2. The number of carbonyl (C=O) groups is 1. The minimum absolute atomic E-state index is 0.574. The van der Waals surface area contributed by atoms with Crippen LogP contribution in [0.1, 0.15) is 5.56 Å². The van der Waals surface area contributed by atoms with Gasteiger partial charge in [-0.05, 0) is 42.0 Å². The number of carbonyl (C=O) groups excluding carboxylic acids is 1. The third-order valence-electron chi connectivity index (χ3n) is 4.20. The molecule has 2 heterocycles. The maximum absolute atomic E-state index is 10.9. The Morgan fingerprint density at radius 3 is 2.54 bits per heavy atom. The molecule has 4 aromatic rings. The average molecular weight is 370 g/mol. The lowest BCUT2D eigenvalue weighted by Crippen LogP contribution is -2.19. The van der Waals surface area contributed by atoms with E-state index in [0.29, 0.717) is 18.1 Å². The van der Waals surface area contributed by atoms with Crippen LogP contribution in [-0.2, 0) is 6.54 Å². The van der Waals surface area contributed by atoms with Gasteiger partial charge in [0.15, 0.2) is 5.82 Å². The van der Waals surface area contributed by atoms with Crippen LogP contribution in [0.25, 0.3) is 22.3 Å². The van der Waals surface area contributed by atoms with E-state index in [4.69, 9.17) is 10.7 Å². The summed E-state index contributed by atoms with van der Waals surface area (Å²) in [5, 5.41) is 6.88. The third-order valence-corrected chi connectivity index (χ3v) is 4.20. The molecule has 2 amide bonds. The number of anilines is 2. The summed E-state index contributed by atoms with van der Waals surface area (Å²) in [4.78, 5) is 24.4. The van der Waals surface area contributed by atoms with Crippen LogP contribution in [0.3, 0.4) is 0 Å². The monoisotopic (exact) mass is 370 g/mol. The first kappa shape index (κ1) is 17.4. The highest BCUT2D eigenvalue weighted by molar-refractivity contribution is 5.90. The Morgan fingerprint density at radius 2 is 1.79 bits per heavy atom. The Balaban J connectivity index is 1.61. The molecule has 2 aromatic heterocycles. The zero-order valence-electron chi connectivity index (χ0n) is 15.0. The van der Waals surface area contributed by atoms with Gasteiger partial charge in [0.05, 0.1) is 5.52 Å². The normalized spacial score (nSPS) is 10.6. The number of hydrogen-bond acceptors (Lipinski definition) is 5. The summed E-state index contributed by atoms with van der Waals surface area (Å²) in [5.74, 6) is 1.37. The van der Waals surface area contributed by atoms with E-state index in [1.165, 1.54) is 0 Å². The molecule has 0 unspecified atom stereocenters. The molecule has 0 spiro atoms. The van der Waals surface area contributed by atoms with Gasteiger partial charge in [0.2, 0.25) is 0 Å². The molecule has 0 saturated heterocycles. The first-order chi connectivity index (χ1) is 13.7. The summed E-state index contributed by atoms with van der Waals surface area (Å²) in [6.07, 6.45) is 3.47. The molecule has 0 aliphatic carbocycles. The van der Waals surface area contributed by atoms with Crippen molar-refractivity contribution >= 4 is 28.4 Å². The molecular formula is C21H18N6O. The lowest BCUT2D eigenvalue weighted by atomic mass is 10.2. The van der Waals surface area contributed by atoms with Gasteiger partial charge in [0.25, 0.3) is 0 Å². The van der Waals surface area contributed by atoms with Crippen molar-refractivity contribution in [2.45, 2.75) is 6.54 Å². The van der Waals surface area contributed by atoms with Gasteiger partial charge < -0.3 is 16.4 Å². The second-order valence-corrected chi connectivity index (χ2v) is 6.19. The SMILES string of the molecule is NC(=O)Nc1ccc(CNc2nc(-c3cccnc3)nc3ccccc23)cc1. The summed E-state index contributed by atoms with van der Waals surface area (Å²) < 4.78 is 0. The predicted molar refractivity (Wildman–Crippen MR) is 110 cm³/mol. The van der Waals surface area contributed by atoms with Crippen LogP contribution in [-0.4, -0.2) is 21.0 Å². The molecule has 0 bridgehead atoms. The van der Waals surface area contributed by atoms with E-state index in [-0.39, 0.29) is 0 Å². The van der Waals surface area contributed by atoms with E-state index in [0.717, 1.165) is 27.8 Å². The van der Waals surface area contributed by atoms with E-state index < -0.39 is 6.03 Å². The summed E-state index contributed by atoms with van der Waals surface area (Å²) >= 11 is 0. The molecule has 28 heavy (non-hydrogen) atoms. The highest BCUT2D eigenvalue weighted by atomic mass is 16.2. The van der Waals surface area contributed by atoms with Crippen LogP contribution in [0.5, 0.6) is 0 Å². The van der Waals surface area contributed by atoms with Crippen molar-refractivity contribution in [2.75, 3.05) is 10.6 Å². The van der Waals surface area contributed by atoms with Crippen molar-refractivity contribution in [1.82, 2.24) is 15.0 Å². The number of nitrogens with one attached hydrogen (secondary N) is 2. The fourth-order valence-corrected chi connectivity index (χ4v) is 2.87. The Labute approximate surface area is 161 Å². The highest BCUT2D eigenvalue weighted by Gasteiger charge is 2.09. The Morgan fingerprint density at radius 1 is 0.964 bits per heavy atom. The van der Waals surface area contributed by atoms with Gasteiger partial charge in [-0.2, -0.15) is 0 Å². The third kappa shape index (κ3) is 3.88. The number of para-hydroxylation sites is 1. The number of nitrogens with zero attached hydrogens (tertiary/aromatic N) is 3. The number of nitrogens with two attached hydrogens (primary N) is 1. The van der Waals surface area contributed by atoms with Crippen LogP contribution in [0.4, 0.5) is 16.3 Å². The number of benzene rings is 2. The summed E-state index contributed by atoms with van der Waals surface area (Å²) in [6.45, 7) is 0.574. The molecule has 0 saturated carbocycles. The summed E-state index contributed by atoms with van der Waals surface area (Å²) in [7, 11) is 0. The fourth-order valence-electron chi connectivity index (χ4n) is 2.87. The minimum atomic E-state index is -0.582. The van der Waals surface area contributed by atoms with Gasteiger partial charge in [0, 0.05) is 35.6 Å². The zero-order chi connectivity index (χ0) is 19.3. The molecule has 7 nitrogen and oxygen atoms in total. The van der Waals surface area contributed by atoms with Gasteiger partial charge in [-0.1, -0.05) is 24.3 Å². The van der Waals surface area contributed by atoms with Crippen LogP contribution in [0, 0.1) is 0 Å². The molecule has 0 fully saturated rings. The van der Waals surface area contributed by atoms with Crippen LogP contribution < -0.4 is 16.4 Å². The van der Waals surface area contributed by atoms with Gasteiger partial charge in [-0.3, -0.25) is 4.98 Å². The lowest BCUT2D eigenvalue weighted by Gasteiger charge is -2.11. The molecule has 4 rings (SSSR count). The second kappa shape index (κ2) is 7.71. The minimum Gasteiger partial charge on any atom is -0.365 e. The van der Waals surface area contributed by atoms with Crippen molar-refractivity contribution < 1.29 is 4.79 Å². The van der Waals surface area contributed by atoms with Crippen molar-refractivity contribution in [1.29, 1.82) is 0 Å². The lowest BCUT2D eigenvalue weighted by molar-refractivity contribution is 0.259. The Bertz CT molecular complexity index is 1110. The number of fused-ring (bicyclic) bond motifs is 1. The molecule has 0 aliphatic rings. The Kier molecular flexibility index (Phi) is 4.79. The fraction of sp³-hybridized carbons (Fsp3) is 0.0476. The van der Waals surface area contributed by atoms with Crippen LogP contribution in [0.15, 0.2) is 73.1 Å². The van der Waals surface area contributed by atoms with Crippen molar-refractivity contribution in [3.05, 3.63) is 78.6 Å². The number of pyridine rings is 1. The van der Waals surface area contributed by atoms with Crippen molar-refractivity contribution in [3.63, 3.8) is 0 Å². The smallest absolute Gasteiger partial charge is 0.316 e. The van der Waals surface area contributed by atoms with E-state index in [9.17, 15) is 4.79 Å². The number of hydrogen-bond donors (Lipinski definition) is 3. The van der Waals surface area contributed by atoms with E-state index >= 15 is 0 Å². The molecule has 2 aromatic carbocycles. The van der Waals surface area contributed by atoms with Crippen LogP contribution in [0.2, 0.25) is 0 Å². The van der Waals surface area contributed by atoms with E-state index in [2.05, 4.69) is 20.6 Å². The topological polar surface area (TPSA) is 106 Å². The quantitative estimate of drug-likeness (QED) is 0.495. The number of urea groups is 1. The average Bonchev–Trinajstić information content (AvgIpc) is 2.73. The summed E-state index contributed by atoms with van der Waals surface area (Å²) in [5.41, 5.74) is 8.55. The highest BCUT2D eigenvalue weighted by Crippen LogP contribution is 2.25. The molecule has 4 N–H and O–H groups in total. The van der Waals surface area contributed by atoms with Crippen molar-refractivity contribution in [3.8, 4) is 11.4 Å². The predicted octanol–water partition coefficient (Wildman–Crippen LogP) is 3.79. The molecule has 7 heteroatoms. The standard InChI is InChI=1S/C21H18N6O/c22-21(28)25-16-9-7-14(8-10-16)12-24-20-17-5-1-2-6-18(17)26-19(27-20)15-4-3-11-23-13-15/h1-11,13H,12H2,(H3,22,25,28)(H,24,26,27). The zero-order valence-corrected chi connectivity index (χ0v) is 15.0. The number of primary amides is 1. The second-order valence-electron chi connectivity index (χ2n) is 6.19. The first-order valence-electron chi connectivity index (χ1n) is 8.75. The van der Waals surface area contributed by atoms with Crippen LogP contribution >= 0.6 is 0 Å². The molecule has 138 valence electrons. The maximum Gasteiger partial charge on any atom is 0.316 e. The number of rotatable bonds is 5. The van der Waals surface area contributed by atoms with Gasteiger partial charge in [0.1, 0.15) is 5.82 Å². The number of aromatic nitrogens is 3. The first-order valence-corrected chi connectivity index (χ1v) is 8.75. The molecule has 0 atom stereocenters. The largest absolute Gasteiger partial charge is 0.365 e. The molecular weight excluding hydrogens is 352 g/mol. The molecule has 0 aliphatic heterocycles. The maximum atomic E-state index is 10.9. The Hall–Kier alpha value is -4.00. The van der Waals surface area contributed by atoms with E-state index in [1.807, 2.05) is 48.5 Å². The van der Waals surface area contributed by atoms with Gasteiger partial charge >= 0.3 is 6.03 Å². The van der Waals surface area contributed by atoms with Gasteiger partial charge in [-0.25, -0.2) is 14.8 Å². The van der Waals surface area contributed by atoms with E-state index in [1.54, 1.807) is 24.5 Å².